The lowest BCUT2D eigenvalue weighted by atomic mass is 10.2. The average molecular weight is 278 g/mol. The van der Waals surface area contributed by atoms with Crippen molar-refractivity contribution in [1.29, 1.82) is 5.26 Å². The van der Waals surface area contributed by atoms with Gasteiger partial charge in [0.15, 0.2) is 0 Å². The number of nitro groups is 1. The lowest BCUT2D eigenvalue weighted by molar-refractivity contribution is -0.386. The molecule has 0 aliphatic carbocycles. The molecular formula is C13H15FN4O2. The molecule has 1 aliphatic rings. The van der Waals surface area contributed by atoms with Gasteiger partial charge < -0.3 is 4.90 Å². The van der Waals surface area contributed by atoms with E-state index in [1.165, 1.54) is 6.07 Å². The number of hydrogen-bond acceptors (Lipinski definition) is 5. The summed E-state index contributed by atoms with van der Waals surface area (Å²) in [7, 11) is 0. The zero-order valence-electron chi connectivity index (χ0n) is 11.1. The van der Waals surface area contributed by atoms with E-state index in [2.05, 4.69) is 6.07 Å². The molecule has 1 aromatic rings. The van der Waals surface area contributed by atoms with E-state index in [1.54, 1.807) is 11.0 Å². The predicted octanol–water partition coefficient (Wildman–Crippen LogP) is 1.77. The molecule has 0 aromatic heterocycles. The van der Waals surface area contributed by atoms with Crippen LogP contribution in [0, 0.1) is 27.3 Å². The van der Waals surface area contributed by atoms with Crippen LogP contribution in [0.5, 0.6) is 0 Å². The third-order valence-electron chi connectivity index (χ3n) is 3.54. The van der Waals surface area contributed by atoms with Gasteiger partial charge in [0.25, 0.3) is 0 Å². The summed E-state index contributed by atoms with van der Waals surface area (Å²) in [5.41, 5.74) is -0.173. The van der Waals surface area contributed by atoms with E-state index in [1.807, 2.05) is 11.8 Å². The number of para-hydroxylation sites is 1. The summed E-state index contributed by atoms with van der Waals surface area (Å²) in [4.78, 5) is 14.1. The Morgan fingerprint density at radius 1 is 1.40 bits per heavy atom. The van der Waals surface area contributed by atoms with Gasteiger partial charge in [-0.2, -0.15) is 9.65 Å². The third kappa shape index (κ3) is 2.70. The summed E-state index contributed by atoms with van der Waals surface area (Å²) in [6.45, 7) is 4.15. The Balaban J connectivity index is 2.18. The van der Waals surface area contributed by atoms with Crippen LogP contribution in [-0.2, 0) is 0 Å². The predicted molar refractivity (Wildman–Crippen MR) is 71.9 cm³/mol. The van der Waals surface area contributed by atoms with Crippen molar-refractivity contribution in [2.75, 3.05) is 31.1 Å². The fourth-order valence-electron chi connectivity index (χ4n) is 2.37. The highest BCUT2D eigenvalue weighted by Crippen LogP contribution is 2.31. The summed E-state index contributed by atoms with van der Waals surface area (Å²) >= 11 is 0. The number of nitriles is 1. The fraction of sp³-hybridized carbons (Fsp3) is 0.462. The zero-order valence-corrected chi connectivity index (χ0v) is 11.1. The highest BCUT2D eigenvalue weighted by molar-refractivity contribution is 5.64. The number of halogens is 1. The molecule has 7 heteroatoms. The molecule has 1 aromatic carbocycles. The van der Waals surface area contributed by atoms with Crippen molar-refractivity contribution >= 4 is 11.4 Å². The molecule has 1 heterocycles. The Bertz CT molecular complexity index is 550. The first kappa shape index (κ1) is 14.2. The van der Waals surface area contributed by atoms with Crippen molar-refractivity contribution in [3.05, 3.63) is 34.1 Å². The van der Waals surface area contributed by atoms with Gasteiger partial charge in [0.1, 0.15) is 5.69 Å². The molecule has 0 saturated carbocycles. The van der Waals surface area contributed by atoms with Crippen LogP contribution in [-0.4, -0.2) is 42.0 Å². The summed E-state index contributed by atoms with van der Waals surface area (Å²) in [5, 5.41) is 19.9. The molecule has 0 radical (unpaired) electrons. The highest BCUT2D eigenvalue weighted by atomic mass is 19.1. The topological polar surface area (TPSA) is 73.4 Å². The number of piperazine rings is 1. The number of nitro benzene ring substituents is 1. The molecular weight excluding hydrogens is 263 g/mol. The Morgan fingerprint density at radius 2 is 2.05 bits per heavy atom. The van der Waals surface area contributed by atoms with E-state index in [0.29, 0.717) is 31.9 Å². The summed E-state index contributed by atoms with van der Waals surface area (Å²) in [6, 6.07) is 6.11. The van der Waals surface area contributed by atoms with Crippen molar-refractivity contribution in [2.45, 2.75) is 13.0 Å². The van der Waals surface area contributed by atoms with Gasteiger partial charge in [-0.3, -0.25) is 15.0 Å². The van der Waals surface area contributed by atoms with Gasteiger partial charge in [-0.15, -0.1) is 0 Å². The smallest absolute Gasteiger partial charge is 0.327 e. The SMILES string of the molecule is CC(C#N)N1CCN(c2cccc(F)c2[N+](=O)[O-])CC1. The molecule has 6 nitrogen and oxygen atoms in total. The van der Waals surface area contributed by atoms with Crippen molar-refractivity contribution in [1.82, 2.24) is 4.90 Å². The van der Waals surface area contributed by atoms with Crippen LogP contribution in [0.3, 0.4) is 0 Å². The second kappa shape index (κ2) is 5.84. The Morgan fingerprint density at radius 3 is 2.60 bits per heavy atom. The lowest BCUT2D eigenvalue weighted by Gasteiger charge is -2.36. The second-order valence-electron chi connectivity index (χ2n) is 4.69. The maximum Gasteiger partial charge on any atom is 0.327 e. The quantitative estimate of drug-likeness (QED) is 0.622. The van der Waals surface area contributed by atoms with E-state index >= 15 is 0 Å². The molecule has 2 rings (SSSR count). The summed E-state index contributed by atoms with van der Waals surface area (Å²) < 4.78 is 13.6. The van der Waals surface area contributed by atoms with Crippen molar-refractivity contribution in [2.24, 2.45) is 0 Å². The molecule has 0 bridgehead atoms. The standard InChI is InChI=1S/C13H15FN4O2/c1-10(9-15)16-5-7-17(8-6-16)12-4-2-3-11(14)13(12)18(19)20/h2-4,10H,5-8H2,1H3. The van der Waals surface area contributed by atoms with Crippen LogP contribution in [0.1, 0.15) is 6.92 Å². The minimum Gasteiger partial charge on any atom is -0.363 e. The Kier molecular flexibility index (Phi) is 4.15. The number of benzene rings is 1. The van der Waals surface area contributed by atoms with E-state index < -0.39 is 16.4 Å². The summed E-state index contributed by atoms with van der Waals surface area (Å²) in [6.07, 6.45) is 0. The van der Waals surface area contributed by atoms with Crippen LogP contribution in [0.25, 0.3) is 0 Å². The molecule has 1 fully saturated rings. The number of nitrogens with zero attached hydrogens (tertiary/aromatic N) is 4. The van der Waals surface area contributed by atoms with Crippen LogP contribution >= 0.6 is 0 Å². The van der Waals surface area contributed by atoms with Gasteiger partial charge in [-0.1, -0.05) is 6.07 Å². The minimum atomic E-state index is -0.819. The Labute approximate surface area is 116 Å². The maximum atomic E-state index is 13.6. The third-order valence-corrected chi connectivity index (χ3v) is 3.54. The van der Waals surface area contributed by atoms with E-state index in [-0.39, 0.29) is 6.04 Å². The molecule has 0 N–H and O–H groups in total. The molecule has 106 valence electrons. The van der Waals surface area contributed by atoms with Gasteiger partial charge >= 0.3 is 5.69 Å². The van der Waals surface area contributed by atoms with Crippen molar-refractivity contribution in [3.8, 4) is 6.07 Å². The van der Waals surface area contributed by atoms with Crippen molar-refractivity contribution in [3.63, 3.8) is 0 Å². The Hall–Kier alpha value is -2.20. The summed E-state index contributed by atoms with van der Waals surface area (Å²) in [5.74, 6) is -0.819. The van der Waals surface area contributed by atoms with Gasteiger partial charge in [0.2, 0.25) is 5.82 Å². The molecule has 1 aliphatic heterocycles. The van der Waals surface area contributed by atoms with Crippen molar-refractivity contribution < 1.29 is 9.31 Å². The number of anilines is 1. The lowest BCUT2D eigenvalue weighted by Crippen LogP contribution is -2.49. The van der Waals surface area contributed by atoms with Crippen LogP contribution < -0.4 is 4.90 Å². The van der Waals surface area contributed by atoms with E-state index in [9.17, 15) is 14.5 Å². The number of rotatable bonds is 3. The first-order chi connectivity index (χ1) is 9.54. The van der Waals surface area contributed by atoms with Gasteiger partial charge in [0, 0.05) is 26.2 Å². The van der Waals surface area contributed by atoms with E-state index in [0.717, 1.165) is 6.07 Å². The molecule has 1 atom stereocenters. The first-order valence-electron chi connectivity index (χ1n) is 6.36. The van der Waals surface area contributed by atoms with Crippen LogP contribution in [0.2, 0.25) is 0 Å². The monoisotopic (exact) mass is 278 g/mol. The normalized spacial score (nSPS) is 17.6. The molecule has 0 amide bonds. The molecule has 20 heavy (non-hydrogen) atoms. The second-order valence-corrected chi connectivity index (χ2v) is 4.69. The molecule has 1 unspecified atom stereocenters. The largest absolute Gasteiger partial charge is 0.363 e. The van der Waals surface area contributed by atoms with Gasteiger partial charge in [0.05, 0.1) is 17.0 Å². The van der Waals surface area contributed by atoms with Crippen LogP contribution in [0.4, 0.5) is 15.8 Å². The fourth-order valence-corrected chi connectivity index (χ4v) is 2.37. The number of hydrogen-bond donors (Lipinski definition) is 0. The van der Waals surface area contributed by atoms with Crippen LogP contribution in [0.15, 0.2) is 18.2 Å². The molecule has 1 saturated heterocycles. The van der Waals surface area contributed by atoms with Gasteiger partial charge in [-0.05, 0) is 19.1 Å². The maximum absolute atomic E-state index is 13.6. The average Bonchev–Trinajstić information content (AvgIpc) is 2.46. The van der Waals surface area contributed by atoms with E-state index in [4.69, 9.17) is 5.26 Å². The zero-order chi connectivity index (χ0) is 14.7. The molecule has 0 spiro atoms. The highest BCUT2D eigenvalue weighted by Gasteiger charge is 2.27. The minimum absolute atomic E-state index is 0.181. The van der Waals surface area contributed by atoms with Gasteiger partial charge in [-0.25, -0.2) is 0 Å². The first-order valence-corrected chi connectivity index (χ1v) is 6.36.